The lowest BCUT2D eigenvalue weighted by Gasteiger charge is -2.22. The molecule has 0 saturated carbocycles. The summed E-state index contributed by atoms with van der Waals surface area (Å²) in [4.78, 5) is 9.52. The molecule has 0 fully saturated rings. The van der Waals surface area contributed by atoms with Gasteiger partial charge in [-0.2, -0.15) is 0 Å². The molecule has 3 heterocycles. The highest BCUT2D eigenvalue weighted by Gasteiger charge is 2.25. The molecule has 2 aromatic heterocycles. The van der Waals surface area contributed by atoms with Crippen molar-refractivity contribution in [1.29, 1.82) is 0 Å². The number of hydrogen-bond donors (Lipinski definition) is 0. The predicted molar refractivity (Wildman–Crippen MR) is 201 cm³/mol. The van der Waals surface area contributed by atoms with Gasteiger partial charge in [0.1, 0.15) is 17.3 Å². The molecule has 48 heavy (non-hydrogen) atoms. The van der Waals surface area contributed by atoms with Crippen LogP contribution in [-0.2, 0) is 5.41 Å². The number of aromatic nitrogens is 2. The Kier molecular flexibility index (Phi) is 7.03. The third-order valence-electron chi connectivity index (χ3n) is 9.63. The number of para-hydroxylation sites is 3. The van der Waals surface area contributed by atoms with E-state index in [2.05, 4.69) is 171 Å². The second-order valence-electron chi connectivity index (χ2n) is 14.0. The summed E-state index contributed by atoms with van der Waals surface area (Å²) in [5.41, 5.74) is 11.8. The molecule has 0 bridgehead atoms. The highest BCUT2D eigenvalue weighted by atomic mass is 16.5. The van der Waals surface area contributed by atoms with Crippen molar-refractivity contribution < 1.29 is 4.74 Å². The summed E-state index contributed by atoms with van der Waals surface area (Å²) < 4.78 is 9.10. The summed E-state index contributed by atoms with van der Waals surface area (Å²) in [6.07, 6.45) is 1.92. The fourth-order valence-electron chi connectivity index (χ4n) is 7.22. The molecular weight excluding hydrogens is 589 g/mol. The van der Waals surface area contributed by atoms with Crippen molar-refractivity contribution >= 4 is 38.9 Å². The van der Waals surface area contributed by atoms with Gasteiger partial charge in [0.25, 0.3) is 0 Å². The molecule has 0 aliphatic carbocycles. The number of nitrogens with zero attached hydrogens (tertiary/aromatic N) is 4. The predicted octanol–water partition coefficient (Wildman–Crippen LogP) is 11.1. The third-order valence-corrected chi connectivity index (χ3v) is 9.63. The summed E-state index contributed by atoms with van der Waals surface area (Å²) >= 11 is 0. The Labute approximate surface area is 282 Å². The van der Waals surface area contributed by atoms with Crippen LogP contribution in [0.4, 0.5) is 17.1 Å². The zero-order chi connectivity index (χ0) is 33.2. The second-order valence-corrected chi connectivity index (χ2v) is 14.0. The molecule has 7 aromatic rings. The lowest BCUT2D eigenvalue weighted by molar-refractivity contribution is 0.483. The van der Waals surface area contributed by atoms with Gasteiger partial charge in [-0.15, -0.1) is 0 Å². The van der Waals surface area contributed by atoms with Crippen LogP contribution < -0.4 is 14.5 Å². The van der Waals surface area contributed by atoms with Crippen LogP contribution in [0.3, 0.4) is 0 Å². The van der Waals surface area contributed by atoms with E-state index in [1.165, 1.54) is 44.4 Å². The Morgan fingerprint density at radius 2 is 1.40 bits per heavy atom. The first-order chi connectivity index (χ1) is 23.2. The molecular formula is C43H40N4O. The lowest BCUT2D eigenvalue weighted by atomic mass is 9.88. The van der Waals surface area contributed by atoms with E-state index in [0.29, 0.717) is 0 Å². The molecule has 0 amide bonds. The molecule has 5 aromatic carbocycles. The molecule has 0 saturated heterocycles. The maximum Gasteiger partial charge on any atom is 0.137 e. The fraction of sp³-hybridized carbons (Fsp3) is 0.186. The molecule has 238 valence electrons. The minimum atomic E-state index is 0.00751. The zero-order valence-electron chi connectivity index (χ0n) is 28.5. The molecule has 0 unspecified atom stereocenters. The molecule has 0 spiro atoms. The van der Waals surface area contributed by atoms with Crippen LogP contribution in [-0.4, -0.2) is 23.3 Å². The van der Waals surface area contributed by atoms with Gasteiger partial charge in [-0.3, -0.25) is 4.57 Å². The Morgan fingerprint density at radius 3 is 2.19 bits per heavy atom. The van der Waals surface area contributed by atoms with E-state index in [1.807, 2.05) is 6.20 Å². The van der Waals surface area contributed by atoms with Crippen LogP contribution in [0, 0.1) is 13.8 Å². The van der Waals surface area contributed by atoms with Crippen molar-refractivity contribution in [2.75, 3.05) is 23.5 Å². The maximum absolute atomic E-state index is 6.83. The van der Waals surface area contributed by atoms with Gasteiger partial charge < -0.3 is 14.5 Å². The summed E-state index contributed by atoms with van der Waals surface area (Å²) in [7, 11) is 2.14. The van der Waals surface area contributed by atoms with E-state index >= 15 is 0 Å². The van der Waals surface area contributed by atoms with E-state index < -0.39 is 0 Å². The summed E-state index contributed by atoms with van der Waals surface area (Å²) in [5, 5.41) is 2.36. The zero-order valence-corrected chi connectivity index (χ0v) is 28.5. The highest BCUT2D eigenvalue weighted by Crippen LogP contribution is 2.44. The summed E-state index contributed by atoms with van der Waals surface area (Å²) in [6.45, 7) is 11.9. The van der Waals surface area contributed by atoms with Crippen molar-refractivity contribution in [3.05, 3.63) is 138 Å². The number of ether oxygens (including phenoxy) is 1. The van der Waals surface area contributed by atoms with Crippen LogP contribution in [0.25, 0.3) is 38.8 Å². The van der Waals surface area contributed by atoms with E-state index in [0.717, 1.165) is 46.3 Å². The van der Waals surface area contributed by atoms with E-state index in [-0.39, 0.29) is 5.41 Å². The van der Waals surface area contributed by atoms with Crippen molar-refractivity contribution in [3.8, 4) is 28.4 Å². The van der Waals surface area contributed by atoms with Gasteiger partial charge in [0, 0.05) is 41.8 Å². The first kappa shape index (κ1) is 29.8. The average Bonchev–Trinajstić information content (AvgIpc) is 3.59. The van der Waals surface area contributed by atoms with Crippen LogP contribution >= 0.6 is 0 Å². The maximum atomic E-state index is 6.83. The fourth-order valence-corrected chi connectivity index (χ4v) is 7.22. The number of benzene rings is 5. The monoisotopic (exact) mass is 628 g/mol. The SMILES string of the molecule is Cc1cccc(C)c1-c1cc(Oc2ccc3c4ccccc4n(-c4cc(C(C)(C)C)ccn4)c3c2)cc(N2CN(C)c3ccccc32)c1. The van der Waals surface area contributed by atoms with Gasteiger partial charge >= 0.3 is 0 Å². The number of pyridine rings is 1. The van der Waals surface area contributed by atoms with Crippen molar-refractivity contribution in [3.63, 3.8) is 0 Å². The highest BCUT2D eigenvalue weighted by molar-refractivity contribution is 6.09. The summed E-state index contributed by atoms with van der Waals surface area (Å²) in [5.74, 6) is 2.48. The number of anilines is 3. The standard InChI is InChI=1S/C43H40N4O/c1-28-12-11-13-29(2)42(28)30-22-32(46-27-45(6)38-16-9-10-17-39(38)46)25-34(23-30)48-33-18-19-36-35-14-7-8-15-37(35)47(40(36)26-33)41-24-31(20-21-44-41)43(3,4)5/h7-26H,27H2,1-6H3. The summed E-state index contributed by atoms with van der Waals surface area (Å²) in [6, 6.07) is 41.0. The minimum absolute atomic E-state index is 0.00751. The minimum Gasteiger partial charge on any atom is -0.457 e. The largest absolute Gasteiger partial charge is 0.457 e. The molecule has 0 radical (unpaired) electrons. The first-order valence-corrected chi connectivity index (χ1v) is 16.6. The Bertz CT molecular complexity index is 2320. The van der Waals surface area contributed by atoms with Gasteiger partial charge in [-0.05, 0) is 102 Å². The van der Waals surface area contributed by atoms with Crippen LogP contribution in [0.15, 0.2) is 121 Å². The average molecular weight is 629 g/mol. The number of hydrogen-bond acceptors (Lipinski definition) is 4. The van der Waals surface area contributed by atoms with Crippen molar-refractivity contribution in [2.24, 2.45) is 0 Å². The van der Waals surface area contributed by atoms with Crippen molar-refractivity contribution in [2.45, 2.75) is 40.0 Å². The molecule has 1 aliphatic heterocycles. The number of rotatable bonds is 5. The second kappa shape index (κ2) is 11.3. The first-order valence-electron chi connectivity index (χ1n) is 16.6. The van der Waals surface area contributed by atoms with Gasteiger partial charge in [-0.25, -0.2) is 4.98 Å². The topological polar surface area (TPSA) is 33.5 Å². The van der Waals surface area contributed by atoms with E-state index in [9.17, 15) is 0 Å². The molecule has 8 rings (SSSR count). The molecule has 1 aliphatic rings. The number of aryl methyl sites for hydroxylation is 2. The van der Waals surface area contributed by atoms with Crippen LogP contribution in [0.2, 0.25) is 0 Å². The Morgan fingerprint density at radius 1 is 0.667 bits per heavy atom. The third kappa shape index (κ3) is 5.07. The normalized spacial score (nSPS) is 13.0. The lowest BCUT2D eigenvalue weighted by Crippen LogP contribution is -2.24. The molecule has 5 nitrogen and oxygen atoms in total. The van der Waals surface area contributed by atoms with Gasteiger partial charge in [0.2, 0.25) is 0 Å². The molecule has 0 atom stereocenters. The smallest absolute Gasteiger partial charge is 0.137 e. The van der Waals surface area contributed by atoms with Crippen LogP contribution in [0.5, 0.6) is 11.5 Å². The molecule has 5 heteroatoms. The Balaban J connectivity index is 1.28. The van der Waals surface area contributed by atoms with Crippen LogP contribution in [0.1, 0.15) is 37.5 Å². The molecule has 0 N–H and O–H groups in total. The van der Waals surface area contributed by atoms with Gasteiger partial charge in [0.05, 0.1) is 29.1 Å². The van der Waals surface area contributed by atoms with Gasteiger partial charge in [-0.1, -0.05) is 69.3 Å². The van der Waals surface area contributed by atoms with Crippen molar-refractivity contribution in [1.82, 2.24) is 9.55 Å². The number of fused-ring (bicyclic) bond motifs is 4. The quantitative estimate of drug-likeness (QED) is 0.190. The van der Waals surface area contributed by atoms with E-state index in [4.69, 9.17) is 9.72 Å². The Hall–Kier alpha value is -5.55. The van der Waals surface area contributed by atoms with E-state index in [1.54, 1.807) is 0 Å². The van der Waals surface area contributed by atoms with Gasteiger partial charge in [0.15, 0.2) is 0 Å².